The van der Waals surface area contributed by atoms with E-state index in [-0.39, 0.29) is 12.5 Å². The molecule has 0 saturated carbocycles. The second-order valence-corrected chi connectivity index (χ2v) is 6.68. The van der Waals surface area contributed by atoms with Crippen molar-refractivity contribution in [1.29, 1.82) is 0 Å². The first-order valence-corrected chi connectivity index (χ1v) is 8.95. The topological polar surface area (TPSA) is 34.0 Å². The summed E-state index contributed by atoms with van der Waals surface area (Å²) in [5, 5.41) is 2.93. The lowest BCUT2D eigenvalue weighted by Gasteiger charge is -2.17. The smallest absolute Gasteiger partial charge is 0.268 e. The highest BCUT2D eigenvalue weighted by atomic mass is 19.1. The lowest BCUT2D eigenvalue weighted by molar-refractivity contribution is 0.0943. The number of nitrogens with one attached hydrogen (secondary N) is 1. The van der Waals surface area contributed by atoms with Crippen molar-refractivity contribution in [3.8, 4) is 0 Å². The summed E-state index contributed by atoms with van der Waals surface area (Å²) in [6, 6.07) is 3.62. The van der Waals surface area contributed by atoms with Crippen molar-refractivity contribution in [2.24, 2.45) is 0 Å². The SMILES string of the molecule is CCCNC(=O)c1c(C)c2c(n1Cc1ccc(F)cc1F)CCCC2. The van der Waals surface area contributed by atoms with Gasteiger partial charge in [0.1, 0.15) is 17.3 Å². The number of aromatic nitrogens is 1. The zero-order valence-corrected chi connectivity index (χ0v) is 14.8. The average molecular weight is 346 g/mol. The van der Waals surface area contributed by atoms with Gasteiger partial charge in [0, 0.05) is 23.9 Å². The third kappa shape index (κ3) is 3.46. The van der Waals surface area contributed by atoms with E-state index in [0.717, 1.165) is 49.4 Å². The molecule has 1 aliphatic rings. The van der Waals surface area contributed by atoms with Crippen LogP contribution in [0.2, 0.25) is 0 Å². The van der Waals surface area contributed by atoms with Gasteiger partial charge in [-0.3, -0.25) is 4.79 Å². The number of fused-ring (bicyclic) bond motifs is 1. The number of carbonyl (C=O) groups excluding carboxylic acids is 1. The predicted octanol–water partition coefficient (Wildman–Crippen LogP) is 4.14. The summed E-state index contributed by atoms with van der Waals surface area (Å²) in [7, 11) is 0. The molecule has 1 amide bonds. The number of amides is 1. The molecule has 134 valence electrons. The number of halogens is 2. The third-order valence-electron chi connectivity index (χ3n) is 4.94. The van der Waals surface area contributed by atoms with Crippen LogP contribution >= 0.6 is 0 Å². The second kappa shape index (κ2) is 7.38. The lowest BCUT2D eigenvalue weighted by atomic mass is 9.95. The van der Waals surface area contributed by atoms with Gasteiger partial charge in [-0.25, -0.2) is 8.78 Å². The van der Waals surface area contributed by atoms with Gasteiger partial charge in [0.15, 0.2) is 0 Å². The Morgan fingerprint density at radius 2 is 2.00 bits per heavy atom. The van der Waals surface area contributed by atoms with E-state index in [0.29, 0.717) is 17.8 Å². The van der Waals surface area contributed by atoms with E-state index in [2.05, 4.69) is 5.32 Å². The van der Waals surface area contributed by atoms with Crippen LogP contribution < -0.4 is 5.32 Å². The van der Waals surface area contributed by atoms with E-state index in [1.54, 1.807) is 0 Å². The highest BCUT2D eigenvalue weighted by Crippen LogP contribution is 2.30. The molecule has 0 radical (unpaired) electrons. The molecule has 3 nitrogen and oxygen atoms in total. The number of hydrogen-bond donors (Lipinski definition) is 1. The van der Waals surface area contributed by atoms with Crippen LogP contribution in [0, 0.1) is 18.6 Å². The summed E-state index contributed by atoms with van der Waals surface area (Å²) in [6.45, 7) is 4.84. The van der Waals surface area contributed by atoms with E-state index in [1.165, 1.54) is 17.7 Å². The Morgan fingerprint density at radius 3 is 2.72 bits per heavy atom. The first-order chi connectivity index (χ1) is 12.0. The summed E-state index contributed by atoms with van der Waals surface area (Å²) in [6.07, 6.45) is 4.88. The maximum Gasteiger partial charge on any atom is 0.268 e. The van der Waals surface area contributed by atoms with E-state index in [1.807, 2.05) is 18.4 Å². The Balaban J connectivity index is 2.05. The molecule has 0 bridgehead atoms. The monoisotopic (exact) mass is 346 g/mol. The van der Waals surface area contributed by atoms with Crippen LogP contribution in [-0.2, 0) is 19.4 Å². The molecule has 0 unspecified atom stereocenters. The van der Waals surface area contributed by atoms with Gasteiger partial charge in [0.05, 0.1) is 6.54 Å². The molecule has 0 saturated heterocycles. The van der Waals surface area contributed by atoms with Crippen LogP contribution in [0.3, 0.4) is 0 Å². The van der Waals surface area contributed by atoms with Crippen LogP contribution in [0.5, 0.6) is 0 Å². The Kier molecular flexibility index (Phi) is 5.21. The first kappa shape index (κ1) is 17.6. The van der Waals surface area contributed by atoms with Crippen LogP contribution in [0.4, 0.5) is 8.78 Å². The van der Waals surface area contributed by atoms with Gasteiger partial charge in [0.2, 0.25) is 0 Å². The van der Waals surface area contributed by atoms with Crippen molar-refractivity contribution in [3.05, 3.63) is 57.9 Å². The zero-order valence-electron chi connectivity index (χ0n) is 14.8. The summed E-state index contributed by atoms with van der Waals surface area (Å²) in [4.78, 5) is 12.7. The predicted molar refractivity (Wildman–Crippen MR) is 93.9 cm³/mol. The normalized spacial score (nSPS) is 13.6. The molecule has 5 heteroatoms. The van der Waals surface area contributed by atoms with Crippen LogP contribution in [0.25, 0.3) is 0 Å². The summed E-state index contributed by atoms with van der Waals surface area (Å²) < 4.78 is 29.3. The van der Waals surface area contributed by atoms with E-state index >= 15 is 0 Å². The van der Waals surface area contributed by atoms with Gasteiger partial charge < -0.3 is 9.88 Å². The molecule has 0 aliphatic heterocycles. The summed E-state index contributed by atoms with van der Waals surface area (Å²) in [5.41, 5.74) is 4.34. The van der Waals surface area contributed by atoms with Crippen molar-refractivity contribution < 1.29 is 13.6 Å². The molecule has 1 aromatic heterocycles. The van der Waals surface area contributed by atoms with Gasteiger partial charge in [-0.05, 0) is 56.2 Å². The summed E-state index contributed by atoms with van der Waals surface area (Å²) in [5.74, 6) is -1.28. The zero-order chi connectivity index (χ0) is 18.0. The number of hydrogen-bond acceptors (Lipinski definition) is 1. The third-order valence-corrected chi connectivity index (χ3v) is 4.94. The quantitative estimate of drug-likeness (QED) is 0.867. The first-order valence-electron chi connectivity index (χ1n) is 8.95. The van der Waals surface area contributed by atoms with Crippen molar-refractivity contribution in [2.45, 2.75) is 52.5 Å². The molecule has 1 N–H and O–H groups in total. The van der Waals surface area contributed by atoms with E-state index < -0.39 is 11.6 Å². The number of benzene rings is 1. The molecule has 0 fully saturated rings. The van der Waals surface area contributed by atoms with Gasteiger partial charge in [-0.15, -0.1) is 0 Å². The van der Waals surface area contributed by atoms with Crippen molar-refractivity contribution >= 4 is 5.91 Å². The standard InChI is InChI=1S/C20H24F2N2O/c1-3-10-23-20(25)19-13(2)16-6-4-5-7-18(16)24(19)12-14-8-9-15(21)11-17(14)22/h8-9,11H,3-7,10,12H2,1-2H3,(H,23,25). The Hall–Kier alpha value is -2.17. The van der Waals surface area contributed by atoms with Crippen molar-refractivity contribution in [3.63, 3.8) is 0 Å². The van der Waals surface area contributed by atoms with Gasteiger partial charge in [0.25, 0.3) is 5.91 Å². The van der Waals surface area contributed by atoms with Gasteiger partial charge in [-0.2, -0.15) is 0 Å². The number of nitrogens with zero attached hydrogens (tertiary/aromatic N) is 1. The van der Waals surface area contributed by atoms with E-state index in [4.69, 9.17) is 0 Å². The van der Waals surface area contributed by atoms with Crippen LogP contribution in [0.15, 0.2) is 18.2 Å². The van der Waals surface area contributed by atoms with E-state index in [9.17, 15) is 13.6 Å². The highest BCUT2D eigenvalue weighted by molar-refractivity contribution is 5.95. The van der Waals surface area contributed by atoms with Crippen LogP contribution in [0.1, 0.15) is 59.1 Å². The second-order valence-electron chi connectivity index (χ2n) is 6.68. The molecule has 1 heterocycles. The fraction of sp³-hybridized carbons (Fsp3) is 0.450. The Labute approximate surface area is 147 Å². The fourth-order valence-electron chi connectivity index (χ4n) is 3.68. The minimum atomic E-state index is -0.590. The number of carbonyl (C=O) groups is 1. The molecule has 3 rings (SSSR count). The molecule has 25 heavy (non-hydrogen) atoms. The molecule has 1 aliphatic carbocycles. The minimum absolute atomic E-state index is 0.115. The lowest BCUT2D eigenvalue weighted by Crippen LogP contribution is -2.28. The van der Waals surface area contributed by atoms with Gasteiger partial charge >= 0.3 is 0 Å². The fourth-order valence-corrected chi connectivity index (χ4v) is 3.68. The Morgan fingerprint density at radius 1 is 1.24 bits per heavy atom. The van der Waals surface area contributed by atoms with Crippen molar-refractivity contribution in [1.82, 2.24) is 9.88 Å². The highest BCUT2D eigenvalue weighted by Gasteiger charge is 2.26. The largest absolute Gasteiger partial charge is 0.351 e. The molecular weight excluding hydrogens is 322 g/mol. The minimum Gasteiger partial charge on any atom is -0.351 e. The average Bonchev–Trinajstić information content (AvgIpc) is 2.88. The van der Waals surface area contributed by atoms with Crippen molar-refractivity contribution in [2.75, 3.05) is 6.54 Å². The Bertz CT molecular complexity index is 795. The molecule has 0 atom stereocenters. The molecule has 1 aromatic carbocycles. The summed E-state index contributed by atoms with van der Waals surface area (Å²) >= 11 is 0. The van der Waals surface area contributed by atoms with Crippen LogP contribution in [-0.4, -0.2) is 17.0 Å². The number of rotatable bonds is 5. The molecular formula is C20H24F2N2O. The van der Waals surface area contributed by atoms with Gasteiger partial charge in [-0.1, -0.05) is 13.0 Å². The molecule has 2 aromatic rings. The maximum absolute atomic E-state index is 14.2. The maximum atomic E-state index is 14.2. The molecule has 0 spiro atoms.